The molecule has 0 spiro atoms. The van der Waals surface area contributed by atoms with Crippen LogP contribution in [0, 0.1) is 0 Å². The summed E-state index contributed by atoms with van der Waals surface area (Å²) in [4.78, 5) is 24.1. The summed E-state index contributed by atoms with van der Waals surface area (Å²) in [6, 6.07) is 14.3. The number of benzene rings is 2. The molecule has 0 aromatic heterocycles. The summed E-state index contributed by atoms with van der Waals surface area (Å²) in [6.07, 6.45) is 3.13. The summed E-state index contributed by atoms with van der Waals surface area (Å²) in [6.45, 7) is 0. The molecule has 1 N–H and O–H groups in total. The molecule has 0 bridgehead atoms. The molecule has 0 aliphatic carbocycles. The molecule has 0 radical (unpaired) electrons. The predicted octanol–water partition coefficient (Wildman–Crippen LogP) is 3.89. The second-order valence-corrected chi connectivity index (χ2v) is 6.39. The number of ether oxygens (including phenoxy) is 2. The SMILES string of the molecule is COC(=O)CC(NC(=O)C=Cc1ccccc1OC)c1cccc(Br)c1. The van der Waals surface area contributed by atoms with Crippen LogP contribution in [-0.4, -0.2) is 26.1 Å². The van der Waals surface area contributed by atoms with Crippen molar-refractivity contribution in [3.63, 3.8) is 0 Å². The topological polar surface area (TPSA) is 64.6 Å². The van der Waals surface area contributed by atoms with Gasteiger partial charge in [0.15, 0.2) is 0 Å². The van der Waals surface area contributed by atoms with Crippen LogP contribution in [0.15, 0.2) is 59.1 Å². The van der Waals surface area contributed by atoms with Gasteiger partial charge < -0.3 is 14.8 Å². The molecule has 0 fully saturated rings. The fraction of sp³-hybridized carbons (Fsp3) is 0.200. The zero-order chi connectivity index (χ0) is 18.9. The molecular weight excluding hydrogens is 398 g/mol. The number of nitrogens with one attached hydrogen (secondary N) is 1. The van der Waals surface area contributed by atoms with Gasteiger partial charge in [0, 0.05) is 16.1 Å². The maximum atomic E-state index is 12.4. The number of esters is 1. The minimum atomic E-state index is -0.491. The van der Waals surface area contributed by atoms with Crippen LogP contribution >= 0.6 is 15.9 Å². The van der Waals surface area contributed by atoms with Gasteiger partial charge >= 0.3 is 5.97 Å². The molecule has 0 heterocycles. The van der Waals surface area contributed by atoms with Crippen LogP contribution in [0.3, 0.4) is 0 Å². The molecule has 5 nitrogen and oxygen atoms in total. The highest BCUT2D eigenvalue weighted by Crippen LogP contribution is 2.22. The molecule has 0 saturated heterocycles. The number of para-hydroxylation sites is 1. The van der Waals surface area contributed by atoms with Gasteiger partial charge in [0.2, 0.25) is 5.91 Å². The number of carbonyl (C=O) groups excluding carboxylic acids is 2. The van der Waals surface area contributed by atoms with E-state index in [2.05, 4.69) is 21.2 Å². The van der Waals surface area contributed by atoms with E-state index >= 15 is 0 Å². The molecular formula is C20H20BrNO4. The Morgan fingerprint density at radius 3 is 2.62 bits per heavy atom. The van der Waals surface area contributed by atoms with Crippen LogP contribution in [0.1, 0.15) is 23.6 Å². The van der Waals surface area contributed by atoms with Crippen molar-refractivity contribution < 1.29 is 19.1 Å². The van der Waals surface area contributed by atoms with Crippen LogP contribution < -0.4 is 10.1 Å². The monoisotopic (exact) mass is 417 g/mol. The molecule has 0 aliphatic heterocycles. The first kappa shape index (κ1) is 19.7. The number of halogens is 1. The zero-order valence-electron chi connectivity index (χ0n) is 14.6. The Bertz CT molecular complexity index is 804. The fourth-order valence-corrected chi connectivity index (χ4v) is 2.83. The number of rotatable bonds is 7. The molecule has 136 valence electrons. The van der Waals surface area contributed by atoms with E-state index in [-0.39, 0.29) is 12.3 Å². The third-order valence-electron chi connectivity index (χ3n) is 3.72. The highest BCUT2D eigenvalue weighted by atomic mass is 79.9. The molecule has 0 saturated carbocycles. The summed E-state index contributed by atoms with van der Waals surface area (Å²) in [5, 5.41) is 2.85. The van der Waals surface area contributed by atoms with Crippen molar-refractivity contribution in [2.24, 2.45) is 0 Å². The number of hydrogen-bond donors (Lipinski definition) is 1. The van der Waals surface area contributed by atoms with Crippen molar-refractivity contribution in [1.82, 2.24) is 5.32 Å². The van der Waals surface area contributed by atoms with E-state index in [1.807, 2.05) is 48.5 Å². The van der Waals surface area contributed by atoms with Crippen molar-refractivity contribution in [3.8, 4) is 5.75 Å². The first-order valence-electron chi connectivity index (χ1n) is 7.97. The maximum Gasteiger partial charge on any atom is 0.307 e. The van der Waals surface area contributed by atoms with Gasteiger partial charge in [0.05, 0.1) is 26.7 Å². The van der Waals surface area contributed by atoms with E-state index in [0.29, 0.717) is 5.75 Å². The zero-order valence-corrected chi connectivity index (χ0v) is 16.2. The van der Waals surface area contributed by atoms with E-state index in [1.54, 1.807) is 13.2 Å². The highest BCUT2D eigenvalue weighted by Gasteiger charge is 2.18. The van der Waals surface area contributed by atoms with E-state index in [9.17, 15) is 9.59 Å². The normalized spacial score (nSPS) is 11.8. The number of amides is 1. The van der Waals surface area contributed by atoms with Gasteiger partial charge in [0.25, 0.3) is 0 Å². The third kappa shape index (κ3) is 5.74. The Labute approximate surface area is 161 Å². The van der Waals surface area contributed by atoms with Gasteiger partial charge in [-0.05, 0) is 29.8 Å². The van der Waals surface area contributed by atoms with Crippen LogP contribution in [0.25, 0.3) is 6.08 Å². The largest absolute Gasteiger partial charge is 0.496 e. The van der Waals surface area contributed by atoms with E-state index < -0.39 is 12.0 Å². The van der Waals surface area contributed by atoms with Crippen molar-refractivity contribution in [1.29, 1.82) is 0 Å². The molecule has 6 heteroatoms. The Kier molecular flexibility index (Phi) is 7.41. The lowest BCUT2D eigenvalue weighted by Crippen LogP contribution is -2.29. The van der Waals surface area contributed by atoms with Gasteiger partial charge in [-0.2, -0.15) is 0 Å². The van der Waals surface area contributed by atoms with Gasteiger partial charge in [-0.15, -0.1) is 0 Å². The van der Waals surface area contributed by atoms with Gasteiger partial charge in [0.1, 0.15) is 5.75 Å². The fourth-order valence-electron chi connectivity index (χ4n) is 2.41. The lowest BCUT2D eigenvalue weighted by atomic mass is 10.0. The maximum absolute atomic E-state index is 12.4. The standard InChI is InChI=1S/C20H20BrNO4/c1-25-18-9-4-3-6-14(18)10-11-19(23)22-17(13-20(24)26-2)15-7-5-8-16(21)12-15/h3-12,17H,13H2,1-2H3,(H,22,23). The summed E-state index contributed by atoms with van der Waals surface area (Å²) in [7, 11) is 2.90. The summed E-state index contributed by atoms with van der Waals surface area (Å²) >= 11 is 3.40. The Balaban J connectivity index is 2.15. The number of methoxy groups -OCH3 is 2. The second kappa shape index (κ2) is 9.77. The Morgan fingerprint density at radius 2 is 1.92 bits per heavy atom. The minimum absolute atomic E-state index is 0.0428. The van der Waals surface area contributed by atoms with E-state index in [4.69, 9.17) is 9.47 Å². The Morgan fingerprint density at radius 1 is 1.15 bits per heavy atom. The predicted molar refractivity (Wildman–Crippen MR) is 104 cm³/mol. The molecule has 2 aromatic rings. The van der Waals surface area contributed by atoms with Gasteiger partial charge in [-0.25, -0.2) is 0 Å². The van der Waals surface area contributed by atoms with Crippen LogP contribution in [0.2, 0.25) is 0 Å². The Hall–Kier alpha value is -2.60. The molecule has 2 rings (SSSR count). The van der Waals surface area contributed by atoms with Crippen molar-refractivity contribution in [3.05, 3.63) is 70.2 Å². The molecule has 0 aliphatic rings. The summed E-state index contributed by atoms with van der Waals surface area (Å²) < 4.78 is 10.9. The molecule has 2 aromatic carbocycles. The van der Waals surface area contributed by atoms with Crippen molar-refractivity contribution in [2.45, 2.75) is 12.5 Å². The molecule has 1 unspecified atom stereocenters. The second-order valence-electron chi connectivity index (χ2n) is 5.47. The highest BCUT2D eigenvalue weighted by molar-refractivity contribution is 9.10. The lowest BCUT2D eigenvalue weighted by molar-refractivity contribution is -0.141. The van der Waals surface area contributed by atoms with Crippen molar-refractivity contribution >= 4 is 33.9 Å². The first-order chi connectivity index (χ1) is 12.5. The molecule has 1 amide bonds. The average molecular weight is 418 g/mol. The van der Waals surface area contributed by atoms with E-state index in [1.165, 1.54) is 13.2 Å². The lowest BCUT2D eigenvalue weighted by Gasteiger charge is -2.17. The first-order valence-corrected chi connectivity index (χ1v) is 8.76. The molecule has 1 atom stereocenters. The van der Waals surface area contributed by atoms with Crippen molar-refractivity contribution in [2.75, 3.05) is 14.2 Å². The van der Waals surface area contributed by atoms with E-state index in [0.717, 1.165) is 15.6 Å². The minimum Gasteiger partial charge on any atom is -0.496 e. The molecule has 26 heavy (non-hydrogen) atoms. The number of hydrogen-bond acceptors (Lipinski definition) is 4. The van der Waals surface area contributed by atoms with Gasteiger partial charge in [-0.1, -0.05) is 46.3 Å². The quantitative estimate of drug-likeness (QED) is 0.548. The van der Waals surface area contributed by atoms with Crippen LogP contribution in [-0.2, 0) is 14.3 Å². The summed E-state index contributed by atoms with van der Waals surface area (Å²) in [5.74, 6) is -0.0385. The summed E-state index contributed by atoms with van der Waals surface area (Å²) in [5.41, 5.74) is 1.60. The van der Waals surface area contributed by atoms with Crippen LogP contribution in [0.5, 0.6) is 5.75 Å². The van der Waals surface area contributed by atoms with Gasteiger partial charge in [-0.3, -0.25) is 9.59 Å². The average Bonchev–Trinajstić information content (AvgIpc) is 2.65. The smallest absolute Gasteiger partial charge is 0.307 e. The number of carbonyl (C=O) groups is 2. The third-order valence-corrected chi connectivity index (χ3v) is 4.21. The van der Waals surface area contributed by atoms with Crippen LogP contribution in [0.4, 0.5) is 0 Å².